The van der Waals surface area contributed by atoms with Crippen LogP contribution in [0.3, 0.4) is 0 Å². The molecule has 0 unspecified atom stereocenters. The molecule has 17 nitrogen and oxygen atoms in total. The number of nitrogens with one attached hydrogen (secondary N) is 1. The van der Waals surface area contributed by atoms with E-state index in [-0.39, 0.29) is 43.7 Å². The van der Waals surface area contributed by atoms with Gasteiger partial charge in [0.05, 0.1) is 38.0 Å². The SMILES string of the molecule is CCCC(=O)O[C@@H]1[C@@H](OC(=O)c2ccccc2CN=[N+]=[N-])[C@H](OC(=N)C(Cl)(Cl)Cl)O[C@H](CO[C@@H]2O[C@H](C)[C@H](OCc3ccccc3)[C@H](OCc3ccccc3)[C@@H]2O)[C@H]1OC(=O)CCC. The summed E-state index contributed by atoms with van der Waals surface area (Å²) in [4.78, 5) is 43.4. The highest BCUT2D eigenvalue weighted by molar-refractivity contribution is 6.76. The summed E-state index contributed by atoms with van der Waals surface area (Å²) >= 11 is 18.1. The number of carbonyl (C=O) groups excluding carboxylic acids is 3. The van der Waals surface area contributed by atoms with E-state index in [9.17, 15) is 19.5 Å². The molecule has 0 spiro atoms. The summed E-state index contributed by atoms with van der Waals surface area (Å²) in [6.07, 6.45) is -13.1. The van der Waals surface area contributed by atoms with Crippen molar-refractivity contribution in [2.24, 2.45) is 5.11 Å². The van der Waals surface area contributed by atoms with Crippen LogP contribution in [-0.4, -0.2) is 101 Å². The minimum Gasteiger partial charge on any atom is -0.455 e. The first-order chi connectivity index (χ1) is 30.7. The van der Waals surface area contributed by atoms with Gasteiger partial charge in [-0.25, -0.2) is 4.79 Å². The van der Waals surface area contributed by atoms with Gasteiger partial charge in [-0.05, 0) is 48.1 Å². The third-order valence-electron chi connectivity index (χ3n) is 10.1. The second kappa shape index (κ2) is 24.7. The Hall–Kier alpha value is -4.52. The highest BCUT2D eigenvalue weighted by atomic mass is 35.6. The number of hydrogen-bond acceptors (Lipinski definition) is 15. The van der Waals surface area contributed by atoms with Gasteiger partial charge in [0.15, 0.2) is 18.5 Å². The van der Waals surface area contributed by atoms with Crippen LogP contribution in [0.25, 0.3) is 10.4 Å². The number of alkyl halides is 3. The van der Waals surface area contributed by atoms with Crippen LogP contribution in [-0.2, 0) is 72.0 Å². The van der Waals surface area contributed by atoms with E-state index in [0.29, 0.717) is 12.8 Å². The molecule has 2 saturated heterocycles. The Bertz CT molecular complexity index is 2040. The zero-order valence-corrected chi connectivity index (χ0v) is 37.6. The van der Waals surface area contributed by atoms with Crippen LogP contribution in [0.1, 0.15) is 73.5 Å². The molecule has 0 saturated carbocycles. The molecule has 0 aromatic heterocycles. The number of rotatable bonds is 20. The first kappa shape index (κ1) is 50.5. The van der Waals surface area contributed by atoms with Crippen molar-refractivity contribution in [3.8, 4) is 0 Å². The van der Waals surface area contributed by atoms with Crippen LogP contribution in [0.5, 0.6) is 0 Å². The summed E-state index contributed by atoms with van der Waals surface area (Å²) < 4.78 is 52.4. The Morgan fingerprint density at radius 1 is 0.734 bits per heavy atom. The van der Waals surface area contributed by atoms with Crippen molar-refractivity contribution in [3.63, 3.8) is 0 Å². The molecular formula is C44H51Cl3N4O13. The van der Waals surface area contributed by atoms with Gasteiger partial charge in [-0.1, -0.05) is 133 Å². The number of halogens is 3. The number of ether oxygens (including phenoxy) is 9. The van der Waals surface area contributed by atoms with Crippen molar-refractivity contribution in [1.82, 2.24) is 0 Å². The van der Waals surface area contributed by atoms with Crippen molar-refractivity contribution < 1.29 is 62.1 Å². The zero-order chi connectivity index (χ0) is 46.2. The van der Waals surface area contributed by atoms with E-state index in [4.69, 9.17) is 88.4 Å². The third-order valence-corrected chi connectivity index (χ3v) is 10.6. The van der Waals surface area contributed by atoms with Crippen molar-refractivity contribution >= 4 is 58.6 Å². The minimum absolute atomic E-state index is 0.0404. The summed E-state index contributed by atoms with van der Waals surface area (Å²) in [6.45, 7) is 4.76. The van der Waals surface area contributed by atoms with Crippen molar-refractivity contribution in [3.05, 3.63) is 118 Å². The normalized spacial score (nSPS) is 25.6. The molecule has 0 bridgehead atoms. The van der Waals surface area contributed by atoms with E-state index >= 15 is 0 Å². The van der Waals surface area contributed by atoms with Gasteiger partial charge in [0.25, 0.3) is 3.79 Å². The first-order valence-corrected chi connectivity index (χ1v) is 21.8. The Kier molecular flexibility index (Phi) is 19.5. The van der Waals surface area contributed by atoms with Crippen LogP contribution in [0.2, 0.25) is 0 Å². The monoisotopic (exact) mass is 948 g/mol. The molecule has 5 rings (SSSR count). The quantitative estimate of drug-likeness (QED) is 0.0161. The maximum Gasteiger partial charge on any atom is 0.339 e. The molecule has 0 aliphatic carbocycles. The standard InChI is InChI=1S/C44H51Cl3N4O13/c1-4-14-32(52)61-36-31(25-58-41-34(54)37(57-24-28-18-10-7-11-19-28)35(26(3)59-41)56-23-27-16-8-6-9-17-27)60-42(64-43(48)44(45,46)47)39(38(36)62-33(53)15-5-2)63-40(55)30-21-13-12-20-29(30)22-50-51-49/h6-13,16-21,26,31,34-39,41-42,48,54H,4-5,14-15,22-25H2,1-3H3/t26-,31-,34+,35+,36-,37-,38+,39-,41-,42+/m1/s1. The summed E-state index contributed by atoms with van der Waals surface area (Å²) in [7, 11) is 0. The Balaban J connectivity index is 1.49. The average Bonchev–Trinajstić information content (AvgIpc) is 3.27. The fraction of sp³-hybridized carbons (Fsp3) is 0.500. The van der Waals surface area contributed by atoms with Crippen LogP contribution in [0.4, 0.5) is 0 Å². The van der Waals surface area contributed by atoms with E-state index in [1.165, 1.54) is 12.1 Å². The van der Waals surface area contributed by atoms with Crippen LogP contribution >= 0.6 is 34.8 Å². The Morgan fingerprint density at radius 2 is 1.30 bits per heavy atom. The van der Waals surface area contributed by atoms with Gasteiger partial charge in [-0.2, -0.15) is 0 Å². The molecule has 2 aliphatic heterocycles. The van der Waals surface area contributed by atoms with E-state index in [2.05, 4.69) is 10.0 Å². The van der Waals surface area contributed by atoms with E-state index in [1.807, 2.05) is 60.7 Å². The van der Waals surface area contributed by atoms with Gasteiger partial charge in [-0.15, -0.1) is 0 Å². The predicted molar refractivity (Wildman–Crippen MR) is 232 cm³/mol. The highest BCUT2D eigenvalue weighted by Gasteiger charge is 2.55. The molecule has 0 amide bonds. The number of carbonyl (C=O) groups is 3. The lowest BCUT2D eigenvalue weighted by Crippen LogP contribution is -2.64. The maximum atomic E-state index is 14.0. The second-order valence-electron chi connectivity index (χ2n) is 14.9. The van der Waals surface area contributed by atoms with Crippen LogP contribution in [0, 0.1) is 5.41 Å². The third kappa shape index (κ3) is 14.2. The average molecular weight is 950 g/mol. The number of aliphatic hydroxyl groups excluding tert-OH is 1. The van der Waals surface area contributed by atoms with Crippen molar-refractivity contribution in [2.75, 3.05) is 6.61 Å². The zero-order valence-electron chi connectivity index (χ0n) is 35.3. The van der Waals surface area contributed by atoms with Crippen molar-refractivity contribution in [1.29, 1.82) is 5.41 Å². The van der Waals surface area contributed by atoms with Crippen LogP contribution in [0.15, 0.2) is 90.0 Å². The van der Waals surface area contributed by atoms with Gasteiger partial charge in [0.2, 0.25) is 18.3 Å². The summed E-state index contributed by atoms with van der Waals surface area (Å²) in [5, 5.41) is 23.9. The topological polar surface area (TPSA) is 227 Å². The minimum atomic E-state index is -2.45. The number of benzene rings is 3. The van der Waals surface area contributed by atoms with E-state index in [1.54, 1.807) is 32.9 Å². The van der Waals surface area contributed by atoms with Gasteiger partial charge in [-0.3, -0.25) is 15.0 Å². The molecule has 2 aliphatic rings. The number of aliphatic hydroxyl groups is 1. The molecule has 20 heteroatoms. The van der Waals surface area contributed by atoms with Crippen LogP contribution < -0.4 is 0 Å². The predicted octanol–water partition coefficient (Wildman–Crippen LogP) is 7.83. The fourth-order valence-corrected chi connectivity index (χ4v) is 7.08. The molecule has 3 aromatic carbocycles. The largest absolute Gasteiger partial charge is 0.455 e. The van der Waals surface area contributed by atoms with Gasteiger partial charge >= 0.3 is 17.9 Å². The highest BCUT2D eigenvalue weighted by Crippen LogP contribution is 2.36. The Morgan fingerprint density at radius 3 is 1.88 bits per heavy atom. The van der Waals surface area contributed by atoms with E-state index < -0.39 is 95.6 Å². The molecule has 64 heavy (non-hydrogen) atoms. The lowest BCUT2D eigenvalue weighted by Gasteiger charge is -2.46. The lowest BCUT2D eigenvalue weighted by molar-refractivity contribution is -0.329. The number of esters is 3. The molecule has 0 radical (unpaired) electrons. The molecule has 10 atom stereocenters. The number of hydrogen-bond donors (Lipinski definition) is 2. The molecule has 2 N–H and O–H groups in total. The smallest absolute Gasteiger partial charge is 0.339 e. The summed E-state index contributed by atoms with van der Waals surface area (Å²) in [5.41, 5.74) is 10.9. The lowest BCUT2D eigenvalue weighted by atomic mass is 9.97. The second-order valence-corrected chi connectivity index (χ2v) is 17.1. The fourth-order valence-electron chi connectivity index (χ4n) is 6.94. The maximum absolute atomic E-state index is 14.0. The van der Waals surface area contributed by atoms with Gasteiger partial charge in [0.1, 0.15) is 24.4 Å². The molecule has 2 fully saturated rings. The van der Waals surface area contributed by atoms with Gasteiger partial charge in [0, 0.05) is 17.8 Å². The van der Waals surface area contributed by atoms with Crippen molar-refractivity contribution in [2.45, 2.75) is 131 Å². The first-order valence-electron chi connectivity index (χ1n) is 20.7. The molecule has 3 aromatic rings. The number of azide groups is 1. The number of nitrogens with zero attached hydrogens (tertiary/aromatic N) is 3. The molecule has 346 valence electrons. The Labute approximate surface area is 385 Å². The molecule has 2 heterocycles. The van der Waals surface area contributed by atoms with E-state index in [0.717, 1.165) is 11.1 Å². The summed E-state index contributed by atoms with van der Waals surface area (Å²) in [5.74, 6) is -3.49. The summed E-state index contributed by atoms with van der Waals surface area (Å²) in [6, 6.07) is 24.9. The molecular weight excluding hydrogens is 899 g/mol. The van der Waals surface area contributed by atoms with Gasteiger partial charge < -0.3 is 47.7 Å².